The molecule has 0 saturated carbocycles. The van der Waals surface area contributed by atoms with Gasteiger partial charge in [-0.25, -0.2) is 23.1 Å². The number of benzene rings is 2. The first kappa shape index (κ1) is 26.2. The number of carbonyl (C=O) groups excluding carboxylic acids is 1. The molecule has 5 rings (SSSR count). The van der Waals surface area contributed by atoms with Crippen molar-refractivity contribution in [1.82, 2.24) is 14.6 Å². The molecule has 0 radical (unpaired) electrons. The molecule has 36 heavy (non-hydrogen) atoms. The van der Waals surface area contributed by atoms with Gasteiger partial charge in [-0.15, -0.1) is 12.4 Å². The van der Waals surface area contributed by atoms with Crippen LogP contribution in [0.15, 0.2) is 53.3 Å². The quantitative estimate of drug-likeness (QED) is 0.336. The van der Waals surface area contributed by atoms with Crippen molar-refractivity contribution in [1.29, 1.82) is 0 Å². The summed E-state index contributed by atoms with van der Waals surface area (Å²) in [5.74, 6) is 0.347. The topological polar surface area (TPSA) is 65.3 Å². The number of carbonyl (C=O) groups is 1. The van der Waals surface area contributed by atoms with Gasteiger partial charge < -0.3 is 4.74 Å². The lowest BCUT2D eigenvalue weighted by molar-refractivity contribution is -0.997. The highest BCUT2D eigenvalue weighted by Crippen LogP contribution is 2.41. The fourth-order valence-electron chi connectivity index (χ4n) is 6.23. The van der Waals surface area contributed by atoms with E-state index in [0.29, 0.717) is 34.5 Å². The molecule has 2 fully saturated rings. The second-order valence-electron chi connectivity index (χ2n) is 10.1. The van der Waals surface area contributed by atoms with Gasteiger partial charge in [0.1, 0.15) is 30.2 Å². The zero-order valence-corrected chi connectivity index (χ0v) is 21.7. The lowest BCUT2D eigenvalue weighted by Crippen LogP contribution is -2.69. The minimum Gasteiger partial charge on any atom is -0.493 e. The average molecular weight is 518 g/mol. The summed E-state index contributed by atoms with van der Waals surface area (Å²) in [4.78, 5) is 27.1. The Morgan fingerprint density at radius 3 is 2.33 bits per heavy atom. The van der Waals surface area contributed by atoms with Crippen molar-refractivity contribution in [2.24, 2.45) is 0 Å². The van der Waals surface area contributed by atoms with Crippen LogP contribution in [-0.4, -0.2) is 45.0 Å². The van der Waals surface area contributed by atoms with E-state index in [1.807, 2.05) is 38.1 Å². The van der Waals surface area contributed by atoms with Gasteiger partial charge in [0.05, 0.1) is 17.6 Å². The summed E-state index contributed by atoms with van der Waals surface area (Å²) >= 11 is 0. The third-order valence-corrected chi connectivity index (χ3v) is 7.77. The van der Waals surface area contributed by atoms with Crippen LogP contribution in [0.25, 0.3) is 11.0 Å². The van der Waals surface area contributed by atoms with E-state index >= 15 is 0 Å². The Bertz CT molecular complexity index is 1250. The molecule has 3 aromatic rings. The molecule has 2 saturated heterocycles. The lowest BCUT2D eigenvalue weighted by Gasteiger charge is -2.46. The maximum Gasteiger partial charge on any atom is 0.374 e. The summed E-state index contributed by atoms with van der Waals surface area (Å²) in [6.07, 6.45) is 6.20. The second kappa shape index (κ2) is 10.6. The molecule has 2 unspecified atom stereocenters. The van der Waals surface area contributed by atoms with Gasteiger partial charge in [-0.05, 0) is 56.7 Å². The number of quaternary nitrogens is 1. The molecule has 1 aromatic heterocycles. The van der Waals surface area contributed by atoms with E-state index in [1.165, 1.54) is 23.1 Å². The molecule has 1 amide bonds. The Morgan fingerprint density at radius 1 is 1.06 bits per heavy atom. The van der Waals surface area contributed by atoms with Crippen molar-refractivity contribution < 1.29 is 18.5 Å². The number of hydrogen-bond acceptors (Lipinski definition) is 3. The number of para-hydroxylation sites is 2. The first-order valence-corrected chi connectivity index (χ1v) is 12.7. The number of fused-ring (bicyclic) bond motifs is 3. The molecule has 2 aromatic carbocycles. The van der Waals surface area contributed by atoms with Crippen LogP contribution in [0, 0.1) is 5.82 Å². The van der Waals surface area contributed by atoms with Crippen LogP contribution >= 0.6 is 12.4 Å². The maximum absolute atomic E-state index is 13.7. The van der Waals surface area contributed by atoms with Gasteiger partial charge in [0.25, 0.3) is 0 Å². The standard InChI is InChI=1S/C27H33FN4O3.ClH/c1-19(2)30-24-9-3-4-10-25(24)31(27(30)34)26(33)29-32(21-7-5-8-22(32)14-13-21)17-6-18-35-23-15-11-20(28)12-16-23;/h3-4,9-12,15-16,19,21-22H,5-8,13-14,17-18H2,1-2H3;1H/p+1. The Labute approximate surface area is 216 Å². The third kappa shape index (κ3) is 4.64. The van der Waals surface area contributed by atoms with Gasteiger partial charge in [-0.2, -0.15) is 5.43 Å². The predicted octanol–water partition coefficient (Wildman–Crippen LogP) is 5.42. The Kier molecular flexibility index (Phi) is 7.76. The number of nitrogens with zero attached hydrogens (tertiary/aromatic N) is 3. The van der Waals surface area contributed by atoms with Gasteiger partial charge in [0, 0.05) is 38.1 Å². The molecule has 2 atom stereocenters. The summed E-state index contributed by atoms with van der Waals surface area (Å²) in [7, 11) is 0. The average Bonchev–Trinajstić information content (AvgIpc) is 3.18. The zero-order valence-electron chi connectivity index (χ0n) is 20.9. The molecular weight excluding hydrogens is 483 g/mol. The van der Waals surface area contributed by atoms with E-state index in [1.54, 1.807) is 16.7 Å². The Morgan fingerprint density at radius 2 is 1.69 bits per heavy atom. The normalized spacial score (nSPS) is 23.0. The van der Waals surface area contributed by atoms with Crippen LogP contribution in [0.1, 0.15) is 58.4 Å². The summed E-state index contributed by atoms with van der Waals surface area (Å²) < 4.78 is 22.5. The fourth-order valence-corrected chi connectivity index (χ4v) is 6.23. The SMILES string of the molecule is CC(C)n1c(=O)n(C(=O)N[N+]2(CCCOc3ccc(F)cc3)C3CCCC2CC3)c2ccccc21.Cl. The van der Waals surface area contributed by atoms with Crippen molar-refractivity contribution >= 4 is 29.5 Å². The van der Waals surface area contributed by atoms with E-state index in [2.05, 4.69) is 5.43 Å². The van der Waals surface area contributed by atoms with Crippen LogP contribution in [0.2, 0.25) is 0 Å². The van der Waals surface area contributed by atoms with Gasteiger partial charge in [-0.1, -0.05) is 12.1 Å². The van der Waals surface area contributed by atoms with Crippen LogP contribution in [0.3, 0.4) is 0 Å². The molecule has 1 N–H and O–H groups in total. The first-order valence-electron chi connectivity index (χ1n) is 12.7. The molecule has 194 valence electrons. The van der Waals surface area contributed by atoms with Crippen molar-refractivity contribution in [2.75, 3.05) is 13.2 Å². The molecule has 2 bridgehead atoms. The predicted molar refractivity (Wildman–Crippen MR) is 140 cm³/mol. The summed E-state index contributed by atoms with van der Waals surface area (Å²) in [6.45, 7) is 5.12. The highest BCUT2D eigenvalue weighted by molar-refractivity contribution is 5.89. The number of piperidine rings is 1. The van der Waals surface area contributed by atoms with Crippen molar-refractivity contribution in [3.8, 4) is 5.75 Å². The van der Waals surface area contributed by atoms with Gasteiger partial charge in [-0.3, -0.25) is 4.57 Å². The molecule has 2 aliphatic heterocycles. The summed E-state index contributed by atoms with van der Waals surface area (Å²) in [6, 6.07) is 13.8. The molecule has 9 heteroatoms. The highest BCUT2D eigenvalue weighted by atomic mass is 35.5. The number of ether oxygens (including phenoxy) is 1. The number of amides is 1. The maximum atomic E-state index is 13.7. The van der Waals surface area contributed by atoms with E-state index in [9.17, 15) is 14.0 Å². The zero-order chi connectivity index (χ0) is 24.6. The van der Waals surface area contributed by atoms with E-state index in [4.69, 9.17) is 4.74 Å². The highest BCUT2D eigenvalue weighted by Gasteiger charge is 2.53. The fraction of sp³-hybridized carbons (Fsp3) is 0.481. The number of imidazole rings is 1. The molecule has 3 heterocycles. The minimum absolute atomic E-state index is 0. The van der Waals surface area contributed by atoms with E-state index in [0.717, 1.165) is 44.2 Å². The van der Waals surface area contributed by atoms with Crippen molar-refractivity contribution in [3.63, 3.8) is 0 Å². The van der Waals surface area contributed by atoms with Crippen LogP contribution in [0.4, 0.5) is 9.18 Å². The molecule has 0 aliphatic carbocycles. The third-order valence-electron chi connectivity index (χ3n) is 7.77. The second-order valence-corrected chi connectivity index (χ2v) is 10.1. The molecular formula is C27H35ClFN4O3+. The number of halogens is 2. The van der Waals surface area contributed by atoms with E-state index < -0.39 is 0 Å². The molecule has 2 aliphatic rings. The van der Waals surface area contributed by atoms with Gasteiger partial charge >= 0.3 is 11.7 Å². The number of nitrogens with one attached hydrogen (secondary N) is 1. The van der Waals surface area contributed by atoms with Gasteiger partial charge in [0.2, 0.25) is 0 Å². The van der Waals surface area contributed by atoms with Gasteiger partial charge in [0.15, 0.2) is 0 Å². The summed E-state index contributed by atoms with van der Waals surface area (Å²) in [5, 5.41) is 0. The molecule has 0 spiro atoms. The van der Waals surface area contributed by atoms with Crippen molar-refractivity contribution in [3.05, 3.63) is 64.8 Å². The molecule has 7 nitrogen and oxygen atoms in total. The number of aromatic nitrogens is 2. The van der Waals surface area contributed by atoms with Crippen LogP contribution in [0.5, 0.6) is 5.75 Å². The Hall–Kier alpha value is -2.84. The van der Waals surface area contributed by atoms with Crippen LogP contribution in [-0.2, 0) is 0 Å². The lowest BCUT2D eigenvalue weighted by atomic mass is 10.0. The monoisotopic (exact) mass is 517 g/mol. The van der Waals surface area contributed by atoms with Crippen LogP contribution < -0.4 is 15.9 Å². The largest absolute Gasteiger partial charge is 0.493 e. The smallest absolute Gasteiger partial charge is 0.374 e. The minimum atomic E-state index is -0.358. The van der Waals surface area contributed by atoms with Crippen molar-refractivity contribution in [2.45, 2.75) is 70.5 Å². The summed E-state index contributed by atoms with van der Waals surface area (Å²) in [5.41, 5.74) is 4.44. The number of rotatable bonds is 7. The number of hydrogen-bond donors (Lipinski definition) is 1. The Balaban J connectivity index is 0.00000304. The van der Waals surface area contributed by atoms with E-state index in [-0.39, 0.29) is 36.0 Å². The first-order chi connectivity index (χ1) is 16.9.